The molecule has 1 N–H and O–H groups in total. The van der Waals surface area contributed by atoms with Gasteiger partial charge in [0.15, 0.2) is 5.78 Å². The first-order valence-electron chi connectivity index (χ1n) is 10.4. The van der Waals surface area contributed by atoms with Crippen LogP contribution in [-0.4, -0.2) is 43.2 Å². The van der Waals surface area contributed by atoms with E-state index in [1.165, 1.54) is 0 Å². The van der Waals surface area contributed by atoms with Crippen LogP contribution in [-0.2, 0) is 4.79 Å². The standard InChI is InChI=1S/C26H24N2O4/c1-28-24(18-8-4-3-5-9-18)23(20-10-6-7-11-21(20)26(28)31)25(30)27-16-22(29)17-12-14-19(32-2)15-13-17/h3-15,23-24H,16H2,1-2H3,(H,27,30)/t23-,24+/m1/s1. The lowest BCUT2D eigenvalue weighted by Gasteiger charge is -2.39. The van der Waals surface area contributed by atoms with Crippen LogP contribution >= 0.6 is 0 Å². The van der Waals surface area contributed by atoms with Gasteiger partial charge in [0, 0.05) is 18.2 Å². The molecule has 3 aromatic carbocycles. The fraction of sp³-hybridized carbons (Fsp3) is 0.192. The van der Waals surface area contributed by atoms with Crippen molar-refractivity contribution in [2.75, 3.05) is 20.7 Å². The molecule has 1 heterocycles. The number of hydrogen-bond acceptors (Lipinski definition) is 4. The number of likely N-dealkylation sites (N-methyl/N-ethyl adjacent to an activating group) is 1. The zero-order valence-electron chi connectivity index (χ0n) is 17.9. The summed E-state index contributed by atoms with van der Waals surface area (Å²) < 4.78 is 5.12. The van der Waals surface area contributed by atoms with Gasteiger partial charge in [0.05, 0.1) is 25.6 Å². The largest absolute Gasteiger partial charge is 0.497 e. The highest BCUT2D eigenvalue weighted by molar-refractivity contribution is 6.03. The van der Waals surface area contributed by atoms with E-state index in [9.17, 15) is 14.4 Å². The van der Waals surface area contributed by atoms with Crippen molar-refractivity contribution in [2.45, 2.75) is 12.0 Å². The van der Waals surface area contributed by atoms with Crippen molar-refractivity contribution in [3.8, 4) is 5.75 Å². The molecule has 4 rings (SSSR count). The summed E-state index contributed by atoms with van der Waals surface area (Å²) in [5, 5.41) is 2.80. The number of hydrogen-bond donors (Lipinski definition) is 1. The fourth-order valence-corrected chi connectivity index (χ4v) is 4.18. The molecule has 6 nitrogen and oxygen atoms in total. The smallest absolute Gasteiger partial charge is 0.254 e. The van der Waals surface area contributed by atoms with Crippen LogP contribution < -0.4 is 10.1 Å². The molecule has 0 saturated carbocycles. The molecule has 0 aliphatic carbocycles. The second-order valence-corrected chi connectivity index (χ2v) is 7.71. The van der Waals surface area contributed by atoms with Crippen LogP contribution in [0, 0.1) is 0 Å². The number of methoxy groups -OCH3 is 1. The summed E-state index contributed by atoms with van der Waals surface area (Å²) in [6, 6.07) is 22.9. The molecule has 1 aliphatic rings. The minimum atomic E-state index is -0.639. The van der Waals surface area contributed by atoms with E-state index in [2.05, 4.69) is 5.32 Å². The van der Waals surface area contributed by atoms with Crippen molar-refractivity contribution >= 4 is 17.6 Å². The molecule has 162 valence electrons. The quantitative estimate of drug-likeness (QED) is 0.609. The van der Waals surface area contributed by atoms with Crippen molar-refractivity contribution in [1.29, 1.82) is 0 Å². The molecule has 1 aliphatic heterocycles. The van der Waals surface area contributed by atoms with Gasteiger partial charge in [-0.15, -0.1) is 0 Å². The Kier molecular flexibility index (Phi) is 6.03. The summed E-state index contributed by atoms with van der Waals surface area (Å²) in [7, 11) is 3.27. The van der Waals surface area contributed by atoms with Gasteiger partial charge in [-0.05, 0) is 41.5 Å². The summed E-state index contributed by atoms with van der Waals surface area (Å²) in [6.45, 7) is -0.136. The molecular formula is C26H24N2O4. The predicted octanol–water partition coefficient (Wildman–Crippen LogP) is 3.60. The highest BCUT2D eigenvalue weighted by Gasteiger charge is 2.42. The van der Waals surface area contributed by atoms with E-state index in [-0.39, 0.29) is 24.1 Å². The number of benzene rings is 3. The molecule has 0 bridgehead atoms. The topological polar surface area (TPSA) is 75.7 Å². The lowest BCUT2D eigenvalue weighted by Crippen LogP contribution is -2.46. The average molecular weight is 428 g/mol. The Bertz CT molecular complexity index is 1140. The van der Waals surface area contributed by atoms with E-state index < -0.39 is 12.0 Å². The van der Waals surface area contributed by atoms with Gasteiger partial charge >= 0.3 is 0 Å². The number of ether oxygens (including phenoxy) is 1. The Morgan fingerprint density at radius 3 is 2.28 bits per heavy atom. The van der Waals surface area contributed by atoms with Crippen LogP contribution in [0.1, 0.15) is 43.8 Å². The van der Waals surface area contributed by atoms with Crippen molar-refractivity contribution in [2.24, 2.45) is 0 Å². The Labute approximate surface area is 186 Å². The van der Waals surface area contributed by atoms with E-state index in [1.807, 2.05) is 42.5 Å². The van der Waals surface area contributed by atoms with Gasteiger partial charge < -0.3 is 15.0 Å². The molecule has 0 fully saturated rings. The molecule has 6 heteroatoms. The predicted molar refractivity (Wildman–Crippen MR) is 121 cm³/mol. The van der Waals surface area contributed by atoms with Crippen molar-refractivity contribution < 1.29 is 19.1 Å². The maximum atomic E-state index is 13.4. The maximum absolute atomic E-state index is 13.4. The number of Topliss-reactive ketones (excluding diaryl/α,β-unsaturated/α-hetero) is 1. The third-order valence-corrected chi connectivity index (χ3v) is 5.84. The summed E-state index contributed by atoms with van der Waals surface area (Å²) in [5.74, 6) is -0.617. The van der Waals surface area contributed by atoms with E-state index in [0.717, 1.165) is 5.56 Å². The van der Waals surface area contributed by atoms with Gasteiger partial charge in [0.25, 0.3) is 5.91 Å². The van der Waals surface area contributed by atoms with E-state index in [0.29, 0.717) is 22.4 Å². The van der Waals surface area contributed by atoms with Crippen LogP contribution in [0.5, 0.6) is 5.75 Å². The number of carbonyl (C=O) groups excluding carboxylic acids is 3. The first-order valence-corrected chi connectivity index (χ1v) is 10.4. The summed E-state index contributed by atoms with van der Waals surface area (Å²) >= 11 is 0. The summed E-state index contributed by atoms with van der Waals surface area (Å²) in [4.78, 5) is 40.6. The minimum absolute atomic E-state index is 0.132. The molecule has 32 heavy (non-hydrogen) atoms. The second kappa shape index (κ2) is 9.06. The van der Waals surface area contributed by atoms with Crippen LogP contribution in [0.15, 0.2) is 78.9 Å². The van der Waals surface area contributed by atoms with Crippen LogP contribution in [0.2, 0.25) is 0 Å². The lowest BCUT2D eigenvalue weighted by molar-refractivity contribution is -0.123. The average Bonchev–Trinajstić information content (AvgIpc) is 2.85. The summed E-state index contributed by atoms with van der Waals surface area (Å²) in [6.07, 6.45) is 0. The first-order chi connectivity index (χ1) is 15.5. The number of amides is 2. The normalized spacial score (nSPS) is 17.4. The summed E-state index contributed by atoms with van der Waals surface area (Å²) in [5.41, 5.74) is 2.52. The highest BCUT2D eigenvalue weighted by atomic mass is 16.5. The number of ketones is 1. The molecule has 0 saturated heterocycles. The zero-order valence-corrected chi connectivity index (χ0v) is 17.9. The third-order valence-electron chi connectivity index (χ3n) is 5.84. The SMILES string of the molecule is COc1ccc(C(=O)CNC(=O)[C@@H]2c3ccccc3C(=O)N(C)[C@H]2c2ccccc2)cc1. The Balaban J connectivity index is 1.62. The zero-order chi connectivity index (χ0) is 22.7. The van der Waals surface area contributed by atoms with Gasteiger partial charge in [0.2, 0.25) is 5.91 Å². The number of nitrogens with zero attached hydrogens (tertiary/aromatic N) is 1. The Hall–Kier alpha value is -3.93. The van der Waals surface area contributed by atoms with Gasteiger partial charge in [-0.2, -0.15) is 0 Å². The van der Waals surface area contributed by atoms with Crippen LogP contribution in [0.3, 0.4) is 0 Å². The molecule has 2 amide bonds. The van der Waals surface area contributed by atoms with Crippen molar-refractivity contribution in [1.82, 2.24) is 10.2 Å². The Morgan fingerprint density at radius 1 is 0.938 bits per heavy atom. The van der Waals surface area contributed by atoms with E-state index in [4.69, 9.17) is 4.74 Å². The second-order valence-electron chi connectivity index (χ2n) is 7.71. The van der Waals surface area contributed by atoms with Gasteiger partial charge in [0.1, 0.15) is 5.75 Å². The van der Waals surface area contributed by atoms with Gasteiger partial charge in [-0.1, -0.05) is 48.5 Å². The van der Waals surface area contributed by atoms with Gasteiger partial charge in [-0.3, -0.25) is 14.4 Å². The number of fused-ring (bicyclic) bond motifs is 1. The number of rotatable bonds is 6. The number of carbonyl (C=O) groups is 3. The molecule has 0 aromatic heterocycles. The van der Waals surface area contributed by atoms with Crippen LogP contribution in [0.25, 0.3) is 0 Å². The van der Waals surface area contributed by atoms with E-state index in [1.54, 1.807) is 55.5 Å². The monoisotopic (exact) mass is 428 g/mol. The maximum Gasteiger partial charge on any atom is 0.254 e. The van der Waals surface area contributed by atoms with E-state index >= 15 is 0 Å². The molecule has 0 spiro atoms. The molecular weight excluding hydrogens is 404 g/mol. The van der Waals surface area contributed by atoms with Gasteiger partial charge in [-0.25, -0.2) is 0 Å². The molecule has 0 unspecified atom stereocenters. The highest BCUT2D eigenvalue weighted by Crippen LogP contribution is 2.41. The van der Waals surface area contributed by atoms with Crippen LogP contribution in [0.4, 0.5) is 0 Å². The Morgan fingerprint density at radius 2 is 1.59 bits per heavy atom. The lowest BCUT2D eigenvalue weighted by atomic mass is 9.79. The fourth-order valence-electron chi connectivity index (χ4n) is 4.18. The first kappa shape index (κ1) is 21.3. The molecule has 2 atom stereocenters. The molecule has 0 radical (unpaired) electrons. The molecule has 3 aromatic rings. The van der Waals surface area contributed by atoms with Crippen molar-refractivity contribution in [3.63, 3.8) is 0 Å². The minimum Gasteiger partial charge on any atom is -0.497 e. The number of nitrogens with one attached hydrogen (secondary N) is 1. The third kappa shape index (κ3) is 3.99. The van der Waals surface area contributed by atoms with Crippen molar-refractivity contribution in [3.05, 3.63) is 101 Å².